The summed E-state index contributed by atoms with van der Waals surface area (Å²) < 4.78 is 0. The fraction of sp³-hybridized carbons (Fsp3) is 1.00. The van der Waals surface area contributed by atoms with Crippen LogP contribution in [0.4, 0.5) is 0 Å². The molecule has 0 saturated heterocycles. The van der Waals surface area contributed by atoms with Crippen molar-refractivity contribution in [2.75, 3.05) is 6.54 Å². The molecule has 0 aromatic rings. The van der Waals surface area contributed by atoms with E-state index in [1.165, 1.54) is 38.5 Å². The zero-order chi connectivity index (χ0) is 10.4. The van der Waals surface area contributed by atoms with Crippen LogP contribution in [0.15, 0.2) is 0 Å². The molecular formula is C12H25NO. The number of nitrogens with one attached hydrogen (secondary N) is 1. The molecule has 0 aromatic heterocycles. The Kier molecular flexibility index (Phi) is 5.49. The van der Waals surface area contributed by atoms with E-state index in [0.29, 0.717) is 6.04 Å². The smallest absolute Gasteiger partial charge is 0.0636 e. The van der Waals surface area contributed by atoms with Crippen LogP contribution in [-0.4, -0.2) is 23.8 Å². The number of aliphatic hydroxyl groups is 1. The Morgan fingerprint density at radius 2 is 1.86 bits per heavy atom. The van der Waals surface area contributed by atoms with Gasteiger partial charge in [0, 0.05) is 12.6 Å². The van der Waals surface area contributed by atoms with Crippen LogP contribution in [0.2, 0.25) is 0 Å². The molecule has 2 atom stereocenters. The molecule has 2 nitrogen and oxygen atoms in total. The fourth-order valence-corrected chi connectivity index (χ4v) is 2.38. The summed E-state index contributed by atoms with van der Waals surface area (Å²) in [7, 11) is 0. The van der Waals surface area contributed by atoms with Crippen molar-refractivity contribution in [2.45, 2.75) is 64.5 Å². The van der Waals surface area contributed by atoms with Gasteiger partial charge in [-0.05, 0) is 26.2 Å². The van der Waals surface area contributed by atoms with Gasteiger partial charge in [-0.3, -0.25) is 0 Å². The van der Waals surface area contributed by atoms with Crippen molar-refractivity contribution in [3.8, 4) is 0 Å². The molecule has 14 heavy (non-hydrogen) atoms. The van der Waals surface area contributed by atoms with Crippen molar-refractivity contribution >= 4 is 0 Å². The lowest BCUT2D eigenvalue weighted by atomic mass is 9.85. The van der Waals surface area contributed by atoms with Gasteiger partial charge in [-0.2, -0.15) is 0 Å². The molecule has 1 aliphatic rings. The molecule has 0 amide bonds. The van der Waals surface area contributed by atoms with Gasteiger partial charge in [-0.15, -0.1) is 0 Å². The molecule has 84 valence electrons. The first-order valence-electron chi connectivity index (χ1n) is 6.10. The molecule has 1 rings (SSSR count). The summed E-state index contributed by atoms with van der Waals surface area (Å²) in [5.74, 6) is 0.931. The Balaban J connectivity index is 2.09. The largest absolute Gasteiger partial charge is 0.392 e. The normalized spacial score (nSPS) is 23.4. The van der Waals surface area contributed by atoms with Crippen molar-refractivity contribution in [2.24, 2.45) is 5.92 Å². The first-order valence-corrected chi connectivity index (χ1v) is 6.10. The molecule has 0 aromatic carbocycles. The third-order valence-corrected chi connectivity index (χ3v) is 3.17. The van der Waals surface area contributed by atoms with Crippen LogP contribution in [0.25, 0.3) is 0 Å². The zero-order valence-corrected chi connectivity index (χ0v) is 9.63. The second-order valence-corrected chi connectivity index (χ2v) is 4.90. The minimum Gasteiger partial charge on any atom is -0.392 e. The van der Waals surface area contributed by atoms with Crippen molar-refractivity contribution in [1.82, 2.24) is 5.32 Å². The van der Waals surface area contributed by atoms with Crippen LogP contribution in [0, 0.1) is 5.92 Å². The second-order valence-electron chi connectivity index (χ2n) is 4.90. The van der Waals surface area contributed by atoms with Crippen LogP contribution in [0.5, 0.6) is 0 Å². The van der Waals surface area contributed by atoms with E-state index in [1.54, 1.807) is 0 Å². The molecule has 1 aliphatic carbocycles. The van der Waals surface area contributed by atoms with Crippen LogP contribution < -0.4 is 5.32 Å². The van der Waals surface area contributed by atoms with Crippen molar-refractivity contribution in [3.63, 3.8) is 0 Å². The summed E-state index contributed by atoms with van der Waals surface area (Å²) >= 11 is 0. The average molecular weight is 199 g/mol. The number of aliphatic hydroxyl groups excluding tert-OH is 1. The maximum Gasteiger partial charge on any atom is 0.0636 e. The van der Waals surface area contributed by atoms with Gasteiger partial charge in [-0.25, -0.2) is 0 Å². The minimum atomic E-state index is -0.219. The lowest BCUT2D eigenvalue weighted by molar-refractivity contribution is 0.182. The summed E-state index contributed by atoms with van der Waals surface area (Å²) in [6.45, 7) is 4.80. The quantitative estimate of drug-likeness (QED) is 0.712. The number of hydrogen-bond donors (Lipinski definition) is 2. The maximum absolute atomic E-state index is 9.14. The summed E-state index contributed by atoms with van der Waals surface area (Å²) in [5, 5.41) is 12.5. The van der Waals surface area contributed by atoms with Crippen LogP contribution >= 0.6 is 0 Å². The molecule has 0 heterocycles. The number of rotatable bonds is 5. The molecule has 2 heteroatoms. The van der Waals surface area contributed by atoms with E-state index in [2.05, 4.69) is 12.2 Å². The summed E-state index contributed by atoms with van der Waals surface area (Å²) in [4.78, 5) is 0. The van der Waals surface area contributed by atoms with Crippen molar-refractivity contribution in [1.29, 1.82) is 0 Å². The minimum absolute atomic E-state index is 0.219. The molecule has 0 bridgehead atoms. The average Bonchev–Trinajstić information content (AvgIpc) is 2.16. The number of hydrogen-bond acceptors (Lipinski definition) is 2. The van der Waals surface area contributed by atoms with Crippen LogP contribution in [-0.2, 0) is 0 Å². The highest BCUT2D eigenvalue weighted by atomic mass is 16.3. The van der Waals surface area contributed by atoms with E-state index in [9.17, 15) is 0 Å². The predicted octanol–water partition coefficient (Wildman–Crippen LogP) is 2.32. The Labute approximate surface area is 88.1 Å². The summed E-state index contributed by atoms with van der Waals surface area (Å²) in [6.07, 6.45) is 8.19. The van der Waals surface area contributed by atoms with E-state index >= 15 is 0 Å². The maximum atomic E-state index is 9.14. The summed E-state index contributed by atoms with van der Waals surface area (Å²) in [6, 6.07) is 0.563. The molecular weight excluding hydrogens is 174 g/mol. The highest BCUT2D eigenvalue weighted by Gasteiger charge is 2.16. The Hall–Kier alpha value is -0.0800. The third kappa shape index (κ3) is 4.97. The van der Waals surface area contributed by atoms with Crippen molar-refractivity contribution < 1.29 is 5.11 Å². The summed E-state index contributed by atoms with van der Waals surface area (Å²) in [5.41, 5.74) is 0. The van der Waals surface area contributed by atoms with Gasteiger partial charge in [-0.1, -0.05) is 32.1 Å². The lowest BCUT2D eigenvalue weighted by Crippen LogP contribution is -2.34. The van der Waals surface area contributed by atoms with E-state index < -0.39 is 0 Å². The van der Waals surface area contributed by atoms with Gasteiger partial charge in [0.25, 0.3) is 0 Å². The van der Waals surface area contributed by atoms with E-state index in [4.69, 9.17) is 5.11 Å². The predicted molar refractivity (Wildman–Crippen MR) is 60.3 cm³/mol. The van der Waals surface area contributed by atoms with E-state index in [0.717, 1.165) is 12.5 Å². The standard InChI is InChI=1S/C12H25NO/c1-10(13-9-11(2)14)8-12-6-4-3-5-7-12/h10-14H,3-9H2,1-2H3. The molecule has 0 radical (unpaired) electrons. The van der Waals surface area contributed by atoms with Gasteiger partial charge in [0.1, 0.15) is 0 Å². The van der Waals surface area contributed by atoms with Crippen LogP contribution in [0.1, 0.15) is 52.4 Å². The van der Waals surface area contributed by atoms with Crippen LogP contribution in [0.3, 0.4) is 0 Å². The topological polar surface area (TPSA) is 32.3 Å². The SMILES string of the molecule is CC(O)CNC(C)CC1CCCCC1. The lowest BCUT2D eigenvalue weighted by Gasteiger charge is -2.25. The van der Waals surface area contributed by atoms with E-state index in [-0.39, 0.29) is 6.10 Å². The van der Waals surface area contributed by atoms with Gasteiger partial charge < -0.3 is 10.4 Å². The van der Waals surface area contributed by atoms with Gasteiger partial charge in [0.2, 0.25) is 0 Å². The van der Waals surface area contributed by atoms with Gasteiger partial charge in [0.15, 0.2) is 0 Å². The molecule has 0 spiro atoms. The second kappa shape index (κ2) is 6.41. The highest BCUT2D eigenvalue weighted by molar-refractivity contribution is 4.72. The molecule has 0 aliphatic heterocycles. The Morgan fingerprint density at radius 1 is 1.21 bits per heavy atom. The van der Waals surface area contributed by atoms with Gasteiger partial charge >= 0.3 is 0 Å². The molecule has 1 fully saturated rings. The zero-order valence-electron chi connectivity index (χ0n) is 9.63. The first kappa shape index (κ1) is 12.0. The first-order chi connectivity index (χ1) is 6.68. The molecule has 1 saturated carbocycles. The fourth-order valence-electron chi connectivity index (χ4n) is 2.38. The molecule has 2 N–H and O–H groups in total. The Morgan fingerprint density at radius 3 is 2.43 bits per heavy atom. The van der Waals surface area contributed by atoms with E-state index in [1.807, 2.05) is 6.92 Å². The van der Waals surface area contributed by atoms with Crippen molar-refractivity contribution in [3.05, 3.63) is 0 Å². The highest BCUT2D eigenvalue weighted by Crippen LogP contribution is 2.27. The monoisotopic (exact) mass is 199 g/mol. The molecule has 2 unspecified atom stereocenters. The Bertz CT molecular complexity index is 141. The third-order valence-electron chi connectivity index (χ3n) is 3.17. The van der Waals surface area contributed by atoms with Gasteiger partial charge in [0.05, 0.1) is 6.10 Å².